The van der Waals surface area contributed by atoms with E-state index in [1.807, 2.05) is 12.1 Å². The Labute approximate surface area is 161 Å². The molecule has 0 radical (unpaired) electrons. The highest BCUT2D eigenvalue weighted by atomic mass is 19.1. The number of nitrogens with zero attached hydrogens (tertiary/aromatic N) is 1. The predicted molar refractivity (Wildman–Crippen MR) is 105 cm³/mol. The van der Waals surface area contributed by atoms with Gasteiger partial charge in [-0.2, -0.15) is 0 Å². The number of hydrogen-bond donors (Lipinski definition) is 1. The lowest BCUT2D eigenvalue weighted by atomic mass is 10.0. The standard InChI is InChI=1S/C22H31FN2O2/c1-15(2)13-18-20(22(18,3)4)21(26)24-14-19(25-9-11-27-12-10-25)16-5-7-17(23)8-6-16/h5-8,13,18-20H,9-12,14H2,1-4H3,(H,24,26)/t18-,19-,20+/m1/s1. The summed E-state index contributed by atoms with van der Waals surface area (Å²) in [5.41, 5.74) is 2.28. The van der Waals surface area contributed by atoms with Gasteiger partial charge < -0.3 is 10.1 Å². The number of nitrogens with one attached hydrogen (secondary N) is 1. The van der Waals surface area contributed by atoms with E-state index in [2.05, 4.69) is 44.0 Å². The van der Waals surface area contributed by atoms with Gasteiger partial charge in [-0.15, -0.1) is 0 Å². The van der Waals surface area contributed by atoms with Crippen molar-refractivity contribution in [1.82, 2.24) is 10.2 Å². The Morgan fingerprint density at radius 3 is 2.52 bits per heavy atom. The number of carbonyl (C=O) groups is 1. The topological polar surface area (TPSA) is 41.6 Å². The number of rotatable bonds is 6. The molecular formula is C22H31FN2O2. The molecule has 2 aliphatic rings. The Bertz CT molecular complexity index is 689. The number of morpholine rings is 1. The van der Waals surface area contributed by atoms with Crippen LogP contribution in [0.2, 0.25) is 0 Å². The molecule has 0 unspecified atom stereocenters. The zero-order valence-electron chi connectivity index (χ0n) is 16.8. The maximum Gasteiger partial charge on any atom is 0.224 e. The van der Waals surface area contributed by atoms with Crippen LogP contribution in [0.15, 0.2) is 35.9 Å². The quantitative estimate of drug-likeness (QED) is 0.774. The van der Waals surface area contributed by atoms with Gasteiger partial charge in [-0.25, -0.2) is 4.39 Å². The van der Waals surface area contributed by atoms with Gasteiger partial charge in [0, 0.05) is 19.6 Å². The zero-order chi connectivity index (χ0) is 19.6. The van der Waals surface area contributed by atoms with Crippen LogP contribution in [0, 0.1) is 23.1 Å². The van der Waals surface area contributed by atoms with Gasteiger partial charge in [-0.1, -0.05) is 37.6 Å². The molecule has 1 aliphatic heterocycles. The highest BCUT2D eigenvalue weighted by molar-refractivity contribution is 5.83. The van der Waals surface area contributed by atoms with Crippen molar-refractivity contribution in [2.75, 3.05) is 32.8 Å². The van der Waals surface area contributed by atoms with Gasteiger partial charge in [0.1, 0.15) is 5.82 Å². The van der Waals surface area contributed by atoms with Gasteiger partial charge in [0.15, 0.2) is 0 Å². The minimum atomic E-state index is -0.243. The van der Waals surface area contributed by atoms with Crippen molar-refractivity contribution in [3.63, 3.8) is 0 Å². The summed E-state index contributed by atoms with van der Waals surface area (Å²) in [7, 11) is 0. The van der Waals surface area contributed by atoms with Gasteiger partial charge >= 0.3 is 0 Å². The van der Waals surface area contributed by atoms with E-state index in [0.717, 1.165) is 18.7 Å². The van der Waals surface area contributed by atoms with Gasteiger partial charge in [-0.3, -0.25) is 9.69 Å². The van der Waals surface area contributed by atoms with Gasteiger partial charge in [0.05, 0.1) is 25.2 Å². The second-order valence-electron chi connectivity index (χ2n) is 8.53. The number of ether oxygens (including phenoxy) is 1. The average Bonchev–Trinajstić information content (AvgIpc) is 3.16. The molecule has 0 bridgehead atoms. The molecule has 1 amide bonds. The molecule has 1 heterocycles. The smallest absolute Gasteiger partial charge is 0.224 e. The number of carbonyl (C=O) groups excluding carboxylic acids is 1. The van der Waals surface area contributed by atoms with Crippen molar-refractivity contribution in [3.8, 4) is 0 Å². The summed E-state index contributed by atoms with van der Waals surface area (Å²) < 4.78 is 18.8. The summed E-state index contributed by atoms with van der Waals surface area (Å²) in [6.07, 6.45) is 2.21. The summed E-state index contributed by atoms with van der Waals surface area (Å²) in [5, 5.41) is 3.17. The molecule has 1 saturated carbocycles. The first kappa shape index (κ1) is 20.0. The summed E-state index contributed by atoms with van der Waals surface area (Å²) in [4.78, 5) is 15.2. The normalized spacial score (nSPS) is 25.5. The molecular weight excluding hydrogens is 343 g/mol. The predicted octanol–water partition coefficient (Wildman–Crippen LogP) is 3.55. The van der Waals surface area contributed by atoms with E-state index >= 15 is 0 Å². The number of allylic oxidation sites excluding steroid dienone is 2. The highest BCUT2D eigenvalue weighted by Crippen LogP contribution is 2.59. The highest BCUT2D eigenvalue weighted by Gasteiger charge is 2.60. The molecule has 4 nitrogen and oxygen atoms in total. The maximum absolute atomic E-state index is 13.3. The Hall–Kier alpha value is -1.72. The van der Waals surface area contributed by atoms with Crippen molar-refractivity contribution in [2.24, 2.45) is 17.3 Å². The van der Waals surface area contributed by atoms with Crippen LogP contribution >= 0.6 is 0 Å². The largest absolute Gasteiger partial charge is 0.379 e. The molecule has 3 atom stereocenters. The first-order chi connectivity index (χ1) is 12.8. The lowest BCUT2D eigenvalue weighted by Gasteiger charge is -2.35. The minimum Gasteiger partial charge on any atom is -0.379 e. The van der Waals surface area contributed by atoms with E-state index in [9.17, 15) is 9.18 Å². The second kappa shape index (κ2) is 8.11. The molecule has 1 saturated heterocycles. The molecule has 3 rings (SSSR count). The fourth-order valence-corrected chi connectivity index (χ4v) is 4.19. The van der Waals surface area contributed by atoms with Crippen molar-refractivity contribution < 1.29 is 13.9 Å². The first-order valence-corrected chi connectivity index (χ1v) is 9.80. The molecule has 1 N–H and O–H groups in total. The third-order valence-corrected chi connectivity index (χ3v) is 5.92. The third kappa shape index (κ3) is 4.58. The number of amides is 1. The van der Waals surface area contributed by atoms with E-state index < -0.39 is 0 Å². The monoisotopic (exact) mass is 374 g/mol. The van der Waals surface area contributed by atoms with Crippen LogP contribution in [0.3, 0.4) is 0 Å². The van der Waals surface area contributed by atoms with Crippen LogP contribution in [-0.2, 0) is 9.53 Å². The first-order valence-electron chi connectivity index (χ1n) is 9.80. The van der Waals surface area contributed by atoms with Crippen molar-refractivity contribution >= 4 is 5.91 Å². The molecule has 1 aromatic carbocycles. The fraction of sp³-hybridized carbons (Fsp3) is 0.591. The lowest BCUT2D eigenvalue weighted by Crippen LogP contribution is -2.44. The number of benzene rings is 1. The Morgan fingerprint density at radius 2 is 1.93 bits per heavy atom. The Morgan fingerprint density at radius 1 is 1.30 bits per heavy atom. The lowest BCUT2D eigenvalue weighted by molar-refractivity contribution is -0.123. The van der Waals surface area contributed by atoms with E-state index in [4.69, 9.17) is 4.74 Å². The van der Waals surface area contributed by atoms with Gasteiger partial charge in [-0.05, 0) is 42.9 Å². The summed E-state index contributed by atoms with van der Waals surface area (Å²) in [6, 6.07) is 6.63. The van der Waals surface area contributed by atoms with Gasteiger partial charge in [0.2, 0.25) is 5.91 Å². The summed E-state index contributed by atoms with van der Waals surface area (Å²) in [5.74, 6) is 0.191. The number of halogens is 1. The second-order valence-corrected chi connectivity index (χ2v) is 8.53. The molecule has 1 aromatic rings. The Balaban J connectivity index is 1.68. The zero-order valence-corrected chi connectivity index (χ0v) is 16.8. The van der Waals surface area contributed by atoms with Crippen LogP contribution in [0.25, 0.3) is 0 Å². The van der Waals surface area contributed by atoms with Crippen LogP contribution in [0.1, 0.15) is 39.3 Å². The van der Waals surface area contributed by atoms with Crippen molar-refractivity contribution in [3.05, 3.63) is 47.3 Å². The summed E-state index contributed by atoms with van der Waals surface area (Å²) >= 11 is 0. The van der Waals surface area contributed by atoms with Crippen LogP contribution < -0.4 is 5.32 Å². The molecule has 27 heavy (non-hydrogen) atoms. The van der Waals surface area contributed by atoms with Crippen LogP contribution in [-0.4, -0.2) is 43.7 Å². The maximum atomic E-state index is 13.3. The van der Waals surface area contributed by atoms with E-state index in [-0.39, 0.29) is 29.1 Å². The van der Waals surface area contributed by atoms with Crippen LogP contribution in [0.5, 0.6) is 0 Å². The van der Waals surface area contributed by atoms with E-state index in [0.29, 0.717) is 25.7 Å². The molecule has 2 fully saturated rings. The van der Waals surface area contributed by atoms with Crippen molar-refractivity contribution in [2.45, 2.75) is 33.7 Å². The number of hydrogen-bond acceptors (Lipinski definition) is 3. The fourth-order valence-electron chi connectivity index (χ4n) is 4.19. The van der Waals surface area contributed by atoms with Crippen molar-refractivity contribution in [1.29, 1.82) is 0 Å². The van der Waals surface area contributed by atoms with E-state index in [1.165, 1.54) is 17.7 Å². The third-order valence-electron chi connectivity index (χ3n) is 5.92. The molecule has 148 valence electrons. The molecule has 0 aromatic heterocycles. The summed E-state index contributed by atoms with van der Waals surface area (Å²) in [6.45, 7) is 12.0. The minimum absolute atomic E-state index is 0.00564. The SMILES string of the molecule is CC(C)=C[C@@H]1[C@@H](C(=O)NC[C@H](c2ccc(F)cc2)N2CCOCC2)C1(C)C. The molecule has 1 aliphatic carbocycles. The Kier molecular flexibility index (Phi) is 6.02. The molecule has 5 heteroatoms. The van der Waals surface area contributed by atoms with Crippen LogP contribution in [0.4, 0.5) is 4.39 Å². The van der Waals surface area contributed by atoms with Gasteiger partial charge in [0.25, 0.3) is 0 Å². The van der Waals surface area contributed by atoms with E-state index in [1.54, 1.807) is 0 Å². The molecule has 0 spiro atoms. The average molecular weight is 375 g/mol.